The summed E-state index contributed by atoms with van der Waals surface area (Å²) in [5.74, 6) is 2.32. The van der Waals surface area contributed by atoms with E-state index in [0.717, 1.165) is 36.7 Å². The summed E-state index contributed by atoms with van der Waals surface area (Å²) in [6.45, 7) is 2.83. The summed E-state index contributed by atoms with van der Waals surface area (Å²) >= 11 is 5.95. The fourth-order valence-corrected chi connectivity index (χ4v) is 2.63. The van der Waals surface area contributed by atoms with Crippen LogP contribution in [0.15, 0.2) is 12.4 Å². The Hall–Kier alpha value is -1.36. The van der Waals surface area contributed by atoms with Crippen molar-refractivity contribution < 1.29 is 0 Å². The number of aryl methyl sites for hydroxylation is 1. The van der Waals surface area contributed by atoms with Crippen molar-refractivity contribution in [3.63, 3.8) is 0 Å². The Labute approximate surface area is 104 Å². The highest BCUT2D eigenvalue weighted by molar-refractivity contribution is 6.21. The molecule has 2 aromatic rings. The van der Waals surface area contributed by atoms with E-state index in [2.05, 4.69) is 20.5 Å². The molecule has 1 saturated carbocycles. The first-order valence-electron chi connectivity index (χ1n) is 5.78. The number of halogens is 1. The smallest absolute Gasteiger partial charge is 0.203 e. The molecule has 6 heteroatoms. The SMILES string of the molecule is Cc1nnc2c(NCC3CC(Cl)C3)nccn12. The molecule has 1 aliphatic carbocycles. The quantitative estimate of drug-likeness (QED) is 0.846. The number of alkyl halides is 1. The van der Waals surface area contributed by atoms with Gasteiger partial charge in [0.05, 0.1) is 0 Å². The first kappa shape index (κ1) is 10.8. The van der Waals surface area contributed by atoms with Crippen LogP contribution >= 0.6 is 11.6 Å². The molecule has 1 fully saturated rings. The van der Waals surface area contributed by atoms with Gasteiger partial charge in [-0.2, -0.15) is 0 Å². The van der Waals surface area contributed by atoms with Gasteiger partial charge >= 0.3 is 0 Å². The maximum atomic E-state index is 5.95. The van der Waals surface area contributed by atoms with Crippen LogP contribution in [0.2, 0.25) is 0 Å². The first-order valence-corrected chi connectivity index (χ1v) is 6.22. The van der Waals surface area contributed by atoms with E-state index in [1.165, 1.54) is 0 Å². The predicted molar refractivity (Wildman–Crippen MR) is 66.4 cm³/mol. The molecule has 90 valence electrons. The second-order valence-corrected chi connectivity index (χ2v) is 5.15. The summed E-state index contributed by atoms with van der Waals surface area (Å²) in [6, 6.07) is 0. The molecule has 1 N–H and O–H groups in total. The third-order valence-electron chi connectivity index (χ3n) is 3.23. The summed E-state index contributed by atoms with van der Waals surface area (Å²) in [7, 11) is 0. The van der Waals surface area contributed by atoms with E-state index < -0.39 is 0 Å². The number of rotatable bonds is 3. The maximum absolute atomic E-state index is 5.95. The molecule has 0 aliphatic heterocycles. The zero-order chi connectivity index (χ0) is 11.8. The topological polar surface area (TPSA) is 55.1 Å². The standard InChI is InChI=1S/C11H14ClN5/c1-7-15-16-11-10(13-2-3-17(7)11)14-6-8-4-9(12)5-8/h2-3,8-9H,4-6H2,1H3,(H,13,14). The average Bonchev–Trinajstić information content (AvgIpc) is 2.66. The molecular weight excluding hydrogens is 238 g/mol. The minimum absolute atomic E-state index is 0.362. The zero-order valence-corrected chi connectivity index (χ0v) is 10.4. The molecule has 0 radical (unpaired) electrons. The number of anilines is 1. The summed E-state index contributed by atoms with van der Waals surface area (Å²) in [5, 5.41) is 11.9. The van der Waals surface area contributed by atoms with Gasteiger partial charge in [-0.3, -0.25) is 4.40 Å². The van der Waals surface area contributed by atoms with E-state index >= 15 is 0 Å². The molecule has 5 nitrogen and oxygen atoms in total. The third kappa shape index (κ3) is 1.95. The van der Waals surface area contributed by atoms with Gasteiger partial charge < -0.3 is 5.32 Å². The highest BCUT2D eigenvalue weighted by atomic mass is 35.5. The van der Waals surface area contributed by atoms with Crippen molar-refractivity contribution in [2.45, 2.75) is 25.1 Å². The van der Waals surface area contributed by atoms with Gasteiger partial charge in [0.1, 0.15) is 5.82 Å². The number of fused-ring (bicyclic) bond motifs is 1. The summed E-state index contributed by atoms with van der Waals surface area (Å²) in [6.07, 6.45) is 5.80. The lowest BCUT2D eigenvalue weighted by molar-refractivity contribution is 0.341. The Morgan fingerprint density at radius 2 is 2.29 bits per heavy atom. The van der Waals surface area contributed by atoms with Crippen molar-refractivity contribution >= 4 is 23.1 Å². The minimum atomic E-state index is 0.362. The van der Waals surface area contributed by atoms with Gasteiger partial charge in [0.15, 0.2) is 5.82 Å². The van der Waals surface area contributed by atoms with E-state index in [1.807, 2.05) is 17.5 Å². The number of aromatic nitrogens is 4. The van der Waals surface area contributed by atoms with Gasteiger partial charge in [0.25, 0.3) is 0 Å². The van der Waals surface area contributed by atoms with Crippen LogP contribution in [0.25, 0.3) is 5.65 Å². The molecule has 0 bridgehead atoms. The van der Waals surface area contributed by atoms with Gasteiger partial charge in [0, 0.05) is 24.3 Å². The monoisotopic (exact) mass is 251 g/mol. The largest absolute Gasteiger partial charge is 0.367 e. The Kier molecular flexibility index (Phi) is 2.63. The van der Waals surface area contributed by atoms with Crippen molar-refractivity contribution in [2.75, 3.05) is 11.9 Å². The molecule has 0 saturated heterocycles. The van der Waals surface area contributed by atoms with Gasteiger partial charge in [-0.1, -0.05) is 0 Å². The van der Waals surface area contributed by atoms with Crippen LogP contribution < -0.4 is 5.32 Å². The molecule has 2 heterocycles. The van der Waals surface area contributed by atoms with Crippen LogP contribution in [0.1, 0.15) is 18.7 Å². The lowest BCUT2D eigenvalue weighted by atomic mass is 9.85. The van der Waals surface area contributed by atoms with Crippen molar-refractivity contribution in [1.82, 2.24) is 19.6 Å². The fraction of sp³-hybridized carbons (Fsp3) is 0.545. The van der Waals surface area contributed by atoms with Gasteiger partial charge in [-0.05, 0) is 25.7 Å². The number of nitrogens with zero attached hydrogens (tertiary/aromatic N) is 4. The van der Waals surface area contributed by atoms with Crippen molar-refractivity contribution in [3.05, 3.63) is 18.2 Å². The van der Waals surface area contributed by atoms with E-state index in [-0.39, 0.29) is 0 Å². The number of hydrogen-bond acceptors (Lipinski definition) is 4. The van der Waals surface area contributed by atoms with Crippen LogP contribution in [-0.4, -0.2) is 31.5 Å². The molecule has 0 amide bonds. The first-order chi connectivity index (χ1) is 8.24. The lowest BCUT2D eigenvalue weighted by Gasteiger charge is -2.30. The van der Waals surface area contributed by atoms with Crippen LogP contribution in [-0.2, 0) is 0 Å². The third-order valence-corrected chi connectivity index (χ3v) is 3.59. The molecular formula is C11H14ClN5. The van der Waals surface area contributed by atoms with Crippen LogP contribution in [0.4, 0.5) is 5.82 Å². The molecule has 0 unspecified atom stereocenters. The van der Waals surface area contributed by atoms with Crippen molar-refractivity contribution in [1.29, 1.82) is 0 Å². The summed E-state index contributed by atoms with van der Waals surface area (Å²) < 4.78 is 1.93. The lowest BCUT2D eigenvalue weighted by Crippen LogP contribution is -2.30. The Balaban J connectivity index is 1.76. The molecule has 17 heavy (non-hydrogen) atoms. The summed E-state index contributed by atoms with van der Waals surface area (Å²) in [4.78, 5) is 4.30. The van der Waals surface area contributed by atoms with Crippen molar-refractivity contribution in [3.8, 4) is 0 Å². The predicted octanol–water partition coefficient (Wildman–Crippen LogP) is 1.86. The number of nitrogens with one attached hydrogen (secondary N) is 1. The second-order valence-electron chi connectivity index (χ2n) is 4.53. The van der Waals surface area contributed by atoms with Gasteiger partial charge in [-0.25, -0.2) is 4.98 Å². The van der Waals surface area contributed by atoms with E-state index in [1.54, 1.807) is 6.20 Å². The van der Waals surface area contributed by atoms with Crippen LogP contribution in [0, 0.1) is 12.8 Å². The van der Waals surface area contributed by atoms with Crippen LogP contribution in [0.3, 0.4) is 0 Å². The number of hydrogen-bond donors (Lipinski definition) is 1. The van der Waals surface area contributed by atoms with E-state index in [9.17, 15) is 0 Å². The minimum Gasteiger partial charge on any atom is -0.367 e. The molecule has 0 aromatic carbocycles. The molecule has 0 spiro atoms. The Morgan fingerprint density at radius 3 is 3.06 bits per heavy atom. The Morgan fingerprint density at radius 1 is 1.47 bits per heavy atom. The maximum Gasteiger partial charge on any atom is 0.203 e. The van der Waals surface area contributed by atoms with Gasteiger partial charge in [-0.15, -0.1) is 21.8 Å². The highest BCUT2D eigenvalue weighted by Gasteiger charge is 2.27. The Bertz CT molecular complexity index is 532. The molecule has 1 aliphatic rings. The fourth-order valence-electron chi connectivity index (χ4n) is 2.13. The normalized spacial score (nSPS) is 23.6. The van der Waals surface area contributed by atoms with E-state index in [4.69, 9.17) is 11.6 Å². The highest BCUT2D eigenvalue weighted by Crippen LogP contribution is 2.31. The second kappa shape index (κ2) is 4.14. The molecule has 3 rings (SSSR count). The summed E-state index contributed by atoms with van der Waals surface area (Å²) in [5.41, 5.74) is 0.784. The average molecular weight is 252 g/mol. The zero-order valence-electron chi connectivity index (χ0n) is 9.60. The van der Waals surface area contributed by atoms with Crippen molar-refractivity contribution in [2.24, 2.45) is 5.92 Å². The van der Waals surface area contributed by atoms with E-state index in [0.29, 0.717) is 11.3 Å². The van der Waals surface area contributed by atoms with Gasteiger partial charge in [0.2, 0.25) is 5.65 Å². The van der Waals surface area contributed by atoms with Crippen LogP contribution in [0.5, 0.6) is 0 Å². The molecule has 0 atom stereocenters. The molecule has 2 aromatic heterocycles.